The lowest BCUT2D eigenvalue weighted by Crippen LogP contribution is -2.15. The molecule has 0 unspecified atom stereocenters. The number of amides is 1. The van der Waals surface area contributed by atoms with Gasteiger partial charge in [-0.3, -0.25) is 4.79 Å². The predicted octanol–water partition coefficient (Wildman–Crippen LogP) is 4.24. The molecule has 1 heterocycles. The number of carbonyl (C=O) groups excluding carboxylic acids is 1. The maximum atomic E-state index is 12.5. The van der Waals surface area contributed by atoms with Gasteiger partial charge in [0.1, 0.15) is 5.82 Å². The molecule has 1 amide bonds. The number of aromatic nitrogens is 2. The minimum Gasteiger partial charge on any atom is -0.476 e. The van der Waals surface area contributed by atoms with Crippen LogP contribution in [0.15, 0.2) is 59.1 Å². The summed E-state index contributed by atoms with van der Waals surface area (Å²) in [5.41, 5.74) is 0.693. The van der Waals surface area contributed by atoms with E-state index in [-0.39, 0.29) is 22.1 Å². The lowest BCUT2D eigenvalue weighted by molar-refractivity contribution is 0.0689. The highest BCUT2D eigenvalue weighted by Crippen LogP contribution is 2.23. The Kier molecular flexibility index (Phi) is 4.87. The molecule has 0 bridgehead atoms. The first-order valence-electron chi connectivity index (χ1n) is 7.11. The Hall–Kier alpha value is -2.64. The monoisotopic (exact) mass is 419 g/mol. The molecular formula is C17H11BrClN3O3. The number of hydrogen-bond donors (Lipinski definition) is 2. The number of halogens is 2. The van der Waals surface area contributed by atoms with E-state index < -0.39 is 11.9 Å². The molecule has 0 fully saturated rings. The van der Waals surface area contributed by atoms with Gasteiger partial charge in [-0.25, -0.2) is 9.48 Å². The second kappa shape index (κ2) is 7.08. The highest BCUT2D eigenvalue weighted by Gasteiger charge is 2.18. The summed E-state index contributed by atoms with van der Waals surface area (Å²) in [6.07, 6.45) is 0. The molecule has 0 radical (unpaired) electrons. The van der Waals surface area contributed by atoms with E-state index in [0.29, 0.717) is 10.2 Å². The van der Waals surface area contributed by atoms with E-state index in [1.54, 1.807) is 42.5 Å². The van der Waals surface area contributed by atoms with Crippen molar-refractivity contribution in [1.82, 2.24) is 9.78 Å². The van der Waals surface area contributed by atoms with Crippen molar-refractivity contribution in [1.29, 1.82) is 0 Å². The van der Waals surface area contributed by atoms with Crippen LogP contribution in [0.3, 0.4) is 0 Å². The van der Waals surface area contributed by atoms with Crippen LogP contribution in [0.4, 0.5) is 5.82 Å². The van der Waals surface area contributed by atoms with Gasteiger partial charge < -0.3 is 10.4 Å². The van der Waals surface area contributed by atoms with Crippen LogP contribution in [0.2, 0.25) is 5.02 Å². The van der Waals surface area contributed by atoms with Crippen molar-refractivity contribution in [2.75, 3.05) is 5.32 Å². The summed E-state index contributed by atoms with van der Waals surface area (Å²) in [5, 5.41) is 16.2. The first kappa shape index (κ1) is 17.2. The second-order valence-corrected chi connectivity index (χ2v) is 6.37. The van der Waals surface area contributed by atoms with Crippen LogP contribution in [0.1, 0.15) is 20.8 Å². The van der Waals surface area contributed by atoms with Gasteiger partial charge in [-0.05, 0) is 30.3 Å². The Labute approximate surface area is 156 Å². The molecule has 126 valence electrons. The van der Waals surface area contributed by atoms with E-state index in [0.717, 1.165) is 0 Å². The lowest BCUT2D eigenvalue weighted by Gasteiger charge is -2.10. The van der Waals surface area contributed by atoms with Crippen molar-refractivity contribution >= 4 is 45.2 Å². The molecule has 0 aliphatic heterocycles. The molecule has 0 saturated carbocycles. The van der Waals surface area contributed by atoms with E-state index in [9.17, 15) is 14.7 Å². The van der Waals surface area contributed by atoms with Crippen molar-refractivity contribution < 1.29 is 14.7 Å². The highest BCUT2D eigenvalue weighted by atomic mass is 79.9. The Bertz CT molecular complexity index is 957. The van der Waals surface area contributed by atoms with E-state index >= 15 is 0 Å². The van der Waals surface area contributed by atoms with Gasteiger partial charge in [-0.1, -0.05) is 45.7 Å². The summed E-state index contributed by atoms with van der Waals surface area (Å²) in [6.45, 7) is 0. The SMILES string of the molecule is O=C(O)c1cc(NC(=O)c2cc(Br)ccc2Cl)n(-c2ccccc2)n1. The minimum atomic E-state index is -1.19. The number of rotatable bonds is 4. The van der Waals surface area contributed by atoms with Crippen molar-refractivity contribution in [2.24, 2.45) is 0 Å². The third kappa shape index (κ3) is 3.72. The van der Waals surface area contributed by atoms with Crippen LogP contribution in [0.5, 0.6) is 0 Å². The van der Waals surface area contributed by atoms with Gasteiger partial charge in [0.05, 0.1) is 16.3 Å². The Morgan fingerprint density at radius 2 is 1.84 bits per heavy atom. The number of carboxylic acid groups (broad SMARTS) is 1. The molecule has 0 aliphatic carbocycles. The summed E-state index contributed by atoms with van der Waals surface area (Å²) in [7, 11) is 0. The zero-order valence-corrected chi connectivity index (χ0v) is 15.0. The fourth-order valence-corrected chi connectivity index (χ4v) is 2.76. The third-order valence-electron chi connectivity index (χ3n) is 3.34. The third-order valence-corrected chi connectivity index (χ3v) is 4.17. The summed E-state index contributed by atoms with van der Waals surface area (Å²) in [5.74, 6) is -1.43. The van der Waals surface area contributed by atoms with Crippen LogP contribution in [-0.2, 0) is 0 Å². The van der Waals surface area contributed by atoms with E-state index in [2.05, 4.69) is 26.3 Å². The average Bonchev–Trinajstić information content (AvgIpc) is 3.02. The van der Waals surface area contributed by atoms with Crippen molar-refractivity contribution in [2.45, 2.75) is 0 Å². The quantitative estimate of drug-likeness (QED) is 0.661. The Morgan fingerprint density at radius 1 is 1.12 bits per heavy atom. The number of nitrogens with one attached hydrogen (secondary N) is 1. The molecule has 8 heteroatoms. The van der Waals surface area contributed by atoms with Crippen LogP contribution < -0.4 is 5.32 Å². The maximum Gasteiger partial charge on any atom is 0.356 e. The zero-order chi connectivity index (χ0) is 18.0. The van der Waals surface area contributed by atoms with Gasteiger partial charge >= 0.3 is 5.97 Å². The van der Waals surface area contributed by atoms with Gasteiger partial charge in [0.25, 0.3) is 5.91 Å². The van der Waals surface area contributed by atoms with Crippen LogP contribution in [0.25, 0.3) is 5.69 Å². The summed E-state index contributed by atoms with van der Waals surface area (Å²) in [4.78, 5) is 23.8. The number of para-hydroxylation sites is 1. The highest BCUT2D eigenvalue weighted by molar-refractivity contribution is 9.10. The topological polar surface area (TPSA) is 84.2 Å². The van der Waals surface area contributed by atoms with Crippen molar-refractivity contribution in [3.63, 3.8) is 0 Å². The minimum absolute atomic E-state index is 0.181. The molecule has 25 heavy (non-hydrogen) atoms. The molecule has 3 aromatic rings. The summed E-state index contributed by atoms with van der Waals surface area (Å²) < 4.78 is 2.05. The van der Waals surface area contributed by atoms with Gasteiger partial charge in [0.2, 0.25) is 0 Å². The number of anilines is 1. The van der Waals surface area contributed by atoms with Crippen molar-refractivity contribution in [3.05, 3.63) is 75.4 Å². The van der Waals surface area contributed by atoms with Crippen LogP contribution >= 0.6 is 27.5 Å². The Morgan fingerprint density at radius 3 is 2.52 bits per heavy atom. The second-order valence-electron chi connectivity index (χ2n) is 5.05. The number of carboxylic acids is 1. The molecule has 0 saturated heterocycles. The smallest absolute Gasteiger partial charge is 0.356 e. The molecule has 6 nitrogen and oxygen atoms in total. The predicted molar refractivity (Wildman–Crippen MR) is 97.6 cm³/mol. The number of hydrogen-bond acceptors (Lipinski definition) is 3. The normalized spacial score (nSPS) is 10.5. The number of nitrogens with zero attached hydrogens (tertiary/aromatic N) is 2. The molecule has 2 aromatic carbocycles. The fourth-order valence-electron chi connectivity index (χ4n) is 2.20. The van der Waals surface area contributed by atoms with E-state index in [1.807, 2.05) is 6.07 Å². The molecule has 2 N–H and O–H groups in total. The zero-order valence-electron chi connectivity index (χ0n) is 12.6. The largest absolute Gasteiger partial charge is 0.476 e. The standard InChI is InChI=1S/C17H11BrClN3O3/c18-10-6-7-13(19)12(8-10)16(23)20-15-9-14(17(24)25)21-22(15)11-4-2-1-3-5-11/h1-9H,(H,20,23)(H,24,25). The van der Waals surface area contributed by atoms with Gasteiger partial charge in [-0.2, -0.15) is 5.10 Å². The van der Waals surface area contributed by atoms with Crippen molar-refractivity contribution in [3.8, 4) is 5.69 Å². The molecule has 1 aromatic heterocycles. The number of benzene rings is 2. The molecule has 0 atom stereocenters. The van der Waals surface area contributed by atoms with Crippen LogP contribution in [0, 0.1) is 0 Å². The molecular weight excluding hydrogens is 410 g/mol. The first-order chi connectivity index (χ1) is 12.0. The summed E-state index contributed by atoms with van der Waals surface area (Å²) >= 11 is 9.36. The molecule has 3 rings (SSSR count). The number of carbonyl (C=O) groups is 2. The van der Waals surface area contributed by atoms with Crippen LogP contribution in [-0.4, -0.2) is 26.8 Å². The number of aromatic carboxylic acids is 1. The maximum absolute atomic E-state index is 12.5. The van der Waals surface area contributed by atoms with E-state index in [4.69, 9.17) is 11.6 Å². The average molecular weight is 421 g/mol. The van der Waals surface area contributed by atoms with Gasteiger partial charge in [0.15, 0.2) is 5.69 Å². The van der Waals surface area contributed by atoms with Gasteiger partial charge in [-0.15, -0.1) is 0 Å². The molecule has 0 spiro atoms. The van der Waals surface area contributed by atoms with E-state index in [1.165, 1.54) is 10.7 Å². The fraction of sp³-hybridized carbons (Fsp3) is 0. The first-order valence-corrected chi connectivity index (χ1v) is 8.28. The lowest BCUT2D eigenvalue weighted by atomic mass is 10.2. The summed E-state index contributed by atoms with van der Waals surface area (Å²) in [6, 6.07) is 15.1. The molecule has 0 aliphatic rings. The Balaban J connectivity index is 2.00. The van der Waals surface area contributed by atoms with Gasteiger partial charge in [0, 0.05) is 10.5 Å².